The molecule has 0 N–H and O–H groups in total. The van der Waals surface area contributed by atoms with Crippen molar-refractivity contribution in [1.82, 2.24) is 4.90 Å². The van der Waals surface area contributed by atoms with Crippen molar-refractivity contribution < 1.29 is 28.7 Å². The number of carbonyl (C=O) groups is 4. The highest BCUT2D eigenvalue weighted by molar-refractivity contribution is 8.00. The Morgan fingerprint density at radius 1 is 0.811 bits per heavy atom. The van der Waals surface area contributed by atoms with Crippen LogP contribution in [0, 0.1) is 0 Å². The predicted molar refractivity (Wildman–Crippen MR) is 133 cm³/mol. The maximum absolute atomic E-state index is 14.6. The van der Waals surface area contributed by atoms with E-state index >= 15 is 0 Å². The predicted octanol–water partition coefficient (Wildman–Crippen LogP) is 3.71. The molecule has 9 heteroatoms. The minimum atomic E-state index is -1.88. The van der Waals surface area contributed by atoms with Gasteiger partial charge in [0.05, 0.1) is 17.0 Å². The number of benzene rings is 3. The molecule has 0 unspecified atom stereocenters. The number of anilines is 1. The molecule has 4 heterocycles. The van der Waals surface area contributed by atoms with Crippen LogP contribution in [0.4, 0.5) is 5.69 Å². The van der Waals surface area contributed by atoms with Gasteiger partial charge < -0.3 is 9.47 Å². The smallest absolute Gasteiger partial charge is 0.341 e. The topological polar surface area (TPSA) is 93.2 Å². The standard InChI is InChI=1S/C28H20N2O6S/c31-22-14-15-27-29(22)20-12-6-4-10-18(20)24(33)28(36-27,17-8-2-1-3-9-17)26-30(27)23(32)16-37-21-13-7-5-11-19(21)25(34)35-26/h1-13,26H,14-16H2/t26-,27+,28-/m1/s1. The van der Waals surface area contributed by atoms with Crippen molar-refractivity contribution in [2.75, 3.05) is 10.7 Å². The van der Waals surface area contributed by atoms with Crippen LogP contribution in [0.5, 0.6) is 0 Å². The average molecular weight is 513 g/mol. The third-order valence-corrected chi connectivity index (χ3v) is 8.48. The summed E-state index contributed by atoms with van der Waals surface area (Å²) in [6.45, 7) is 0. The highest BCUT2D eigenvalue weighted by Gasteiger charge is 2.74. The Labute approximate surface area is 216 Å². The normalized spacial score (nSPS) is 28.3. The summed E-state index contributed by atoms with van der Waals surface area (Å²) in [7, 11) is 0. The van der Waals surface area contributed by atoms with E-state index in [9.17, 15) is 19.2 Å². The van der Waals surface area contributed by atoms with Crippen LogP contribution < -0.4 is 4.90 Å². The van der Waals surface area contributed by atoms with Crippen molar-refractivity contribution in [2.24, 2.45) is 0 Å². The number of hydrogen-bond donors (Lipinski definition) is 0. The lowest BCUT2D eigenvalue weighted by Gasteiger charge is -2.41. The van der Waals surface area contributed by atoms with E-state index in [0.717, 1.165) is 0 Å². The van der Waals surface area contributed by atoms with E-state index in [4.69, 9.17) is 9.47 Å². The summed E-state index contributed by atoms with van der Waals surface area (Å²) in [5, 5.41) is 0. The maximum Gasteiger partial charge on any atom is 0.341 e. The molecule has 3 aromatic carbocycles. The molecule has 7 rings (SSSR count). The van der Waals surface area contributed by atoms with Gasteiger partial charge in [0.25, 0.3) is 0 Å². The summed E-state index contributed by atoms with van der Waals surface area (Å²) < 4.78 is 12.9. The zero-order chi connectivity index (χ0) is 25.4. The zero-order valence-corrected chi connectivity index (χ0v) is 20.3. The van der Waals surface area contributed by atoms with Crippen LogP contribution in [0.25, 0.3) is 0 Å². The Balaban J connectivity index is 1.55. The van der Waals surface area contributed by atoms with Crippen molar-refractivity contribution >= 4 is 41.0 Å². The highest BCUT2D eigenvalue weighted by atomic mass is 32.2. The Morgan fingerprint density at radius 2 is 1.51 bits per heavy atom. The molecule has 0 aliphatic carbocycles. The third-order valence-electron chi connectivity index (χ3n) is 7.42. The van der Waals surface area contributed by atoms with Gasteiger partial charge in [0.2, 0.25) is 35.3 Å². The van der Waals surface area contributed by atoms with Gasteiger partial charge in [0, 0.05) is 23.3 Å². The van der Waals surface area contributed by atoms with Crippen LogP contribution in [0.2, 0.25) is 0 Å². The molecule has 0 aromatic heterocycles. The van der Waals surface area contributed by atoms with E-state index < -0.39 is 35.3 Å². The van der Waals surface area contributed by atoms with Crippen LogP contribution in [0.15, 0.2) is 83.8 Å². The molecule has 2 saturated heterocycles. The summed E-state index contributed by atoms with van der Waals surface area (Å²) >= 11 is 1.21. The molecule has 4 aliphatic heterocycles. The van der Waals surface area contributed by atoms with Gasteiger partial charge in [0.15, 0.2) is 0 Å². The van der Waals surface area contributed by atoms with E-state index in [2.05, 4.69) is 0 Å². The molecule has 3 atom stereocenters. The minimum absolute atomic E-state index is 0.0298. The Morgan fingerprint density at radius 3 is 2.32 bits per heavy atom. The first-order valence-corrected chi connectivity index (χ1v) is 12.9. The van der Waals surface area contributed by atoms with Crippen LogP contribution in [0.3, 0.4) is 0 Å². The second-order valence-electron chi connectivity index (χ2n) is 9.33. The fourth-order valence-corrected chi connectivity index (χ4v) is 6.79. The average Bonchev–Trinajstić information content (AvgIpc) is 3.38. The summed E-state index contributed by atoms with van der Waals surface area (Å²) in [5.41, 5.74) is -0.508. The second kappa shape index (κ2) is 7.77. The largest absolute Gasteiger partial charge is 0.434 e. The van der Waals surface area contributed by atoms with Gasteiger partial charge in [-0.2, -0.15) is 0 Å². The van der Waals surface area contributed by atoms with E-state index in [1.165, 1.54) is 21.6 Å². The Bertz CT molecular complexity index is 1510. The number of rotatable bonds is 1. The number of amides is 2. The van der Waals surface area contributed by atoms with E-state index in [-0.39, 0.29) is 30.1 Å². The quantitative estimate of drug-likeness (QED) is 0.459. The van der Waals surface area contributed by atoms with Crippen molar-refractivity contribution in [2.45, 2.75) is 35.4 Å². The lowest BCUT2D eigenvalue weighted by molar-refractivity contribution is -0.156. The number of para-hydroxylation sites is 1. The number of Topliss-reactive ketones (excluding diaryl/α,β-unsaturated/α-hetero) is 1. The van der Waals surface area contributed by atoms with Crippen LogP contribution in [-0.4, -0.2) is 46.3 Å². The molecule has 2 fully saturated rings. The number of thioether (sulfide) groups is 1. The van der Waals surface area contributed by atoms with Gasteiger partial charge in [-0.15, -0.1) is 11.8 Å². The molecular weight excluding hydrogens is 492 g/mol. The molecule has 0 radical (unpaired) electrons. The first-order chi connectivity index (χ1) is 18.0. The first kappa shape index (κ1) is 22.3. The number of carbonyl (C=O) groups excluding carboxylic acids is 4. The van der Waals surface area contributed by atoms with Crippen molar-refractivity contribution in [3.63, 3.8) is 0 Å². The number of hydrogen-bond acceptors (Lipinski definition) is 7. The molecule has 2 amide bonds. The van der Waals surface area contributed by atoms with Gasteiger partial charge in [-0.3, -0.25) is 24.2 Å². The van der Waals surface area contributed by atoms with Gasteiger partial charge in [-0.05, 0) is 29.8 Å². The molecule has 4 aliphatic rings. The number of esters is 1. The van der Waals surface area contributed by atoms with Crippen LogP contribution >= 0.6 is 11.8 Å². The lowest BCUT2D eigenvalue weighted by atomic mass is 9.83. The number of fused-ring (bicyclic) bond motifs is 6. The number of ether oxygens (including phenoxy) is 2. The summed E-state index contributed by atoms with van der Waals surface area (Å²) in [5.74, 6) is -3.49. The van der Waals surface area contributed by atoms with Gasteiger partial charge in [-0.1, -0.05) is 54.6 Å². The SMILES string of the molecule is O=C1O[C@H]2N(C(=O)CSc3ccccc31)[C@]13CCC(=O)N1c1ccccc1C(=O)[C@@]2(c1ccccc1)O3. The van der Waals surface area contributed by atoms with Gasteiger partial charge in [-0.25, -0.2) is 4.79 Å². The van der Waals surface area contributed by atoms with E-state index in [0.29, 0.717) is 21.7 Å². The first-order valence-electron chi connectivity index (χ1n) is 11.9. The van der Waals surface area contributed by atoms with Crippen LogP contribution in [0.1, 0.15) is 39.1 Å². The maximum atomic E-state index is 14.6. The number of nitrogens with zero attached hydrogens (tertiary/aromatic N) is 2. The summed E-state index contributed by atoms with van der Waals surface area (Å²) in [6.07, 6.45) is -1.21. The fraction of sp³-hybridized carbons (Fsp3) is 0.214. The summed E-state index contributed by atoms with van der Waals surface area (Å²) in [4.78, 5) is 58.9. The third kappa shape index (κ3) is 2.83. The molecular formula is C28H20N2O6S. The Kier molecular flexibility index (Phi) is 4.68. The molecule has 0 saturated carbocycles. The molecule has 8 nitrogen and oxygen atoms in total. The molecule has 3 aromatic rings. The molecule has 1 spiro atoms. The second-order valence-corrected chi connectivity index (χ2v) is 10.3. The van der Waals surface area contributed by atoms with Crippen molar-refractivity contribution in [3.05, 3.63) is 95.6 Å². The Hall–Kier alpha value is -3.95. The van der Waals surface area contributed by atoms with Crippen molar-refractivity contribution in [3.8, 4) is 0 Å². The fourth-order valence-electron chi connectivity index (χ4n) is 5.89. The molecule has 37 heavy (non-hydrogen) atoms. The van der Waals surface area contributed by atoms with Crippen molar-refractivity contribution in [1.29, 1.82) is 0 Å². The van der Waals surface area contributed by atoms with Crippen LogP contribution in [-0.2, 0) is 24.7 Å². The van der Waals surface area contributed by atoms with Gasteiger partial charge >= 0.3 is 5.97 Å². The molecule has 2 bridgehead atoms. The zero-order valence-electron chi connectivity index (χ0n) is 19.5. The lowest BCUT2D eigenvalue weighted by Crippen LogP contribution is -2.62. The minimum Gasteiger partial charge on any atom is -0.434 e. The van der Waals surface area contributed by atoms with E-state index in [1.54, 1.807) is 78.9 Å². The van der Waals surface area contributed by atoms with E-state index in [1.807, 2.05) is 0 Å². The molecule has 184 valence electrons. The summed E-state index contributed by atoms with van der Waals surface area (Å²) in [6, 6.07) is 22.4. The highest BCUT2D eigenvalue weighted by Crippen LogP contribution is 2.58. The monoisotopic (exact) mass is 512 g/mol. The van der Waals surface area contributed by atoms with Gasteiger partial charge in [0.1, 0.15) is 0 Å². The number of ketones is 1.